The van der Waals surface area contributed by atoms with Crippen molar-refractivity contribution in [2.24, 2.45) is 0 Å². The third-order valence-corrected chi connectivity index (χ3v) is 5.55. The first-order valence-corrected chi connectivity index (χ1v) is 10.2. The number of benzene rings is 2. The van der Waals surface area contributed by atoms with Gasteiger partial charge in [0.1, 0.15) is 5.75 Å². The quantitative estimate of drug-likeness (QED) is 0.799. The number of likely N-dealkylation sites (tertiary alicyclic amines) is 1. The van der Waals surface area contributed by atoms with Crippen LogP contribution in [0.25, 0.3) is 0 Å². The minimum absolute atomic E-state index is 0.0156. The van der Waals surface area contributed by atoms with E-state index in [0.717, 1.165) is 18.8 Å². The SMILES string of the molecule is COc1ccc([C@H](CNC(=O)c2ccc(C(C)(C)C)cc2)N2CCCC2)cc1. The first-order chi connectivity index (χ1) is 13.4. The topological polar surface area (TPSA) is 41.6 Å². The highest BCUT2D eigenvalue weighted by molar-refractivity contribution is 5.94. The van der Waals surface area contributed by atoms with Crippen molar-refractivity contribution in [2.75, 3.05) is 26.7 Å². The molecule has 0 spiro atoms. The summed E-state index contributed by atoms with van der Waals surface area (Å²) in [6.07, 6.45) is 2.43. The molecule has 4 heteroatoms. The normalized spacial score (nSPS) is 16.0. The first-order valence-electron chi connectivity index (χ1n) is 10.2. The zero-order valence-electron chi connectivity index (χ0n) is 17.5. The Bertz CT molecular complexity index is 770. The van der Waals surface area contributed by atoms with Crippen molar-refractivity contribution in [3.63, 3.8) is 0 Å². The number of rotatable bonds is 6. The summed E-state index contributed by atoms with van der Waals surface area (Å²) in [7, 11) is 1.68. The number of amides is 1. The van der Waals surface area contributed by atoms with Crippen molar-refractivity contribution in [1.82, 2.24) is 10.2 Å². The monoisotopic (exact) mass is 380 g/mol. The Balaban J connectivity index is 1.69. The van der Waals surface area contributed by atoms with E-state index in [1.54, 1.807) is 7.11 Å². The predicted octanol–water partition coefficient (Wildman–Crippen LogP) is 4.56. The number of carbonyl (C=O) groups excluding carboxylic acids is 1. The van der Waals surface area contributed by atoms with Gasteiger partial charge in [-0.15, -0.1) is 0 Å². The van der Waals surface area contributed by atoms with Crippen LogP contribution in [0.15, 0.2) is 48.5 Å². The van der Waals surface area contributed by atoms with Crippen LogP contribution in [0.1, 0.15) is 61.1 Å². The molecule has 0 aliphatic carbocycles. The van der Waals surface area contributed by atoms with Crippen LogP contribution in [-0.2, 0) is 5.41 Å². The van der Waals surface area contributed by atoms with E-state index in [0.29, 0.717) is 12.1 Å². The van der Waals surface area contributed by atoms with Gasteiger partial charge in [-0.25, -0.2) is 0 Å². The van der Waals surface area contributed by atoms with Crippen molar-refractivity contribution >= 4 is 5.91 Å². The van der Waals surface area contributed by atoms with Crippen LogP contribution >= 0.6 is 0 Å². The lowest BCUT2D eigenvalue weighted by atomic mass is 9.87. The molecule has 1 N–H and O–H groups in total. The Hall–Kier alpha value is -2.33. The molecule has 1 fully saturated rings. The summed E-state index contributed by atoms with van der Waals surface area (Å²) < 4.78 is 5.28. The van der Waals surface area contributed by atoms with E-state index in [9.17, 15) is 4.79 Å². The van der Waals surface area contributed by atoms with E-state index in [-0.39, 0.29) is 17.4 Å². The molecular weight excluding hydrogens is 348 g/mol. The van der Waals surface area contributed by atoms with Gasteiger partial charge in [-0.2, -0.15) is 0 Å². The summed E-state index contributed by atoms with van der Waals surface area (Å²) in [4.78, 5) is 15.2. The first kappa shape index (κ1) is 20.4. The molecular formula is C24H32N2O2. The molecule has 0 unspecified atom stereocenters. The summed E-state index contributed by atoms with van der Waals surface area (Å²) in [5.41, 5.74) is 3.25. The van der Waals surface area contributed by atoms with Gasteiger partial charge in [0, 0.05) is 12.1 Å². The van der Waals surface area contributed by atoms with Crippen LogP contribution in [0, 0.1) is 0 Å². The van der Waals surface area contributed by atoms with Gasteiger partial charge in [0.2, 0.25) is 0 Å². The summed E-state index contributed by atoms with van der Waals surface area (Å²) in [5.74, 6) is 0.838. The number of nitrogens with one attached hydrogen (secondary N) is 1. The smallest absolute Gasteiger partial charge is 0.251 e. The summed E-state index contributed by atoms with van der Waals surface area (Å²) in [6.45, 7) is 9.29. The average Bonchev–Trinajstić information content (AvgIpc) is 3.22. The summed E-state index contributed by atoms with van der Waals surface area (Å²) in [6, 6.07) is 16.3. The van der Waals surface area contributed by atoms with Gasteiger partial charge in [0.05, 0.1) is 13.2 Å². The molecule has 1 saturated heterocycles. The molecule has 1 heterocycles. The minimum Gasteiger partial charge on any atom is -0.497 e. The number of hydrogen-bond donors (Lipinski definition) is 1. The van der Waals surface area contributed by atoms with E-state index in [1.165, 1.54) is 24.0 Å². The minimum atomic E-state index is -0.0156. The van der Waals surface area contributed by atoms with E-state index in [4.69, 9.17) is 4.74 Å². The van der Waals surface area contributed by atoms with E-state index in [1.807, 2.05) is 24.3 Å². The maximum absolute atomic E-state index is 12.7. The van der Waals surface area contributed by atoms with Gasteiger partial charge in [0.25, 0.3) is 5.91 Å². The van der Waals surface area contributed by atoms with Gasteiger partial charge in [0.15, 0.2) is 0 Å². The second kappa shape index (κ2) is 8.78. The highest BCUT2D eigenvalue weighted by Gasteiger charge is 2.24. The molecule has 3 rings (SSSR count). The van der Waals surface area contributed by atoms with Gasteiger partial charge < -0.3 is 10.1 Å². The Morgan fingerprint density at radius 1 is 1.04 bits per heavy atom. The molecule has 0 saturated carbocycles. The largest absolute Gasteiger partial charge is 0.497 e. The Labute approximate surface area is 168 Å². The zero-order chi connectivity index (χ0) is 20.1. The van der Waals surface area contributed by atoms with Crippen molar-refractivity contribution in [3.8, 4) is 5.75 Å². The molecule has 1 aliphatic rings. The van der Waals surface area contributed by atoms with Crippen molar-refractivity contribution in [1.29, 1.82) is 0 Å². The van der Waals surface area contributed by atoms with Crippen LogP contribution in [0.2, 0.25) is 0 Å². The lowest BCUT2D eigenvalue weighted by Gasteiger charge is -2.28. The molecule has 0 bridgehead atoms. The number of hydrogen-bond acceptors (Lipinski definition) is 3. The van der Waals surface area contributed by atoms with Crippen LogP contribution in [-0.4, -0.2) is 37.6 Å². The highest BCUT2D eigenvalue weighted by Crippen LogP contribution is 2.26. The summed E-state index contributed by atoms with van der Waals surface area (Å²) >= 11 is 0. The molecule has 150 valence electrons. The van der Waals surface area contributed by atoms with Gasteiger partial charge >= 0.3 is 0 Å². The van der Waals surface area contributed by atoms with Crippen LogP contribution in [0.4, 0.5) is 0 Å². The maximum atomic E-state index is 12.7. The molecule has 1 atom stereocenters. The molecule has 2 aromatic rings. The van der Waals surface area contributed by atoms with Gasteiger partial charge in [-0.1, -0.05) is 45.0 Å². The molecule has 28 heavy (non-hydrogen) atoms. The lowest BCUT2D eigenvalue weighted by molar-refractivity contribution is 0.0938. The Kier molecular flexibility index (Phi) is 6.40. The molecule has 2 aromatic carbocycles. The number of carbonyl (C=O) groups is 1. The second-order valence-electron chi connectivity index (χ2n) is 8.57. The van der Waals surface area contributed by atoms with Crippen molar-refractivity contribution in [3.05, 3.63) is 65.2 Å². The molecule has 1 amide bonds. The summed E-state index contributed by atoms with van der Waals surface area (Å²) in [5, 5.41) is 3.15. The maximum Gasteiger partial charge on any atom is 0.251 e. The zero-order valence-corrected chi connectivity index (χ0v) is 17.5. The molecule has 4 nitrogen and oxygen atoms in total. The molecule has 0 aromatic heterocycles. The van der Waals surface area contributed by atoms with E-state index in [2.05, 4.69) is 55.3 Å². The van der Waals surface area contributed by atoms with Crippen LogP contribution in [0.3, 0.4) is 0 Å². The standard InChI is InChI=1S/C24H32N2O2/c1-24(2,3)20-11-7-19(8-12-20)23(27)25-17-22(26-15-5-6-16-26)18-9-13-21(28-4)14-10-18/h7-14,22H,5-6,15-17H2,1-4H3,(H,25,27)/t22-/m0/s1. The molecule has 0 radical (unpaired) electrons. The van der Waals surface area contributed by atoms with Crippen LogP contribution < -0.4 is 10.1 Å². The fourth-order valence-corrected chi connectivity index (χ4v) is 3.75. The number of methoxy groups -OCH3 is 1. The Morgan fingerprint density at radius 2 is 1.64 bits per heavy atom. The van der Waals surface area contributed by atoms with Gasteiger partial charge in [-0.05, 0) is 66.7 Å². The second-order valence-corrected chi connectivity index (χ2v) is 8.57. The van der Waals surface area contributed by atoms with Gasteiger partial charge in [-0.3, -0.25) is 9.69 Å². The third kappa shape index (κ3) is 4.93. The fourth-order valence-electron chi connectivity index (χ4n) is 3.75. The molecule has 1 aliphatic heterocycles. The predicted molar refractivity (Wildman–Crippen MR) is 114 cm³/mol. The van der Waals surface area contributed by atoms with E-state index < -0.39 is 0 Å². The lowest BCUT2D eigenvalue weighted by Crippen LogP contribution is -2.36. The van der Waals surface area contributed by atoms with E-state index >= 15 is 0 Å². The highest BCUT2D eigenvalue weighted by atomic mass is 16.5. The Morgan fingerprint density at radius 3 is 2.18 bits per heavy atom. The van der Waals surface area contributed by atoms with Crippen molar-refractivity contribution in [2.45, 2.75) is 45.1 Å². The average molecular weight is 381 g/mol. The fraction of sp³-hybridized carbons (Fsp3) is 0.458. The number of nitrogens with zero attached hydrogens (tertiary/aromatic N) is 1. The third-order valence-electron chi connectivity index (χ3n) is 5.55. The van der Waals surface area contributed by atoms with Crippen LogP contribution in [0.5, 0.6) is 5.75 Å². The van der Waals surface area contributed by atoms with Crippen molar-refractivity contribution < 1.29 is 9.53 Å². The number of ether oxygens (including phenoxy) is 1.